The Morgan fingerprint density at radius 2 is 2.03 bits per heavy atom. The monoisotopic (exact) mass is 408 g/mol. The number of hydrogen-bond acceptors (Lipinski definition) is 9. The summed E-state index contributed by atoms with van der Waals surface area (Å²) in [5, 5.41) is 22.9. The molecule has 1 aliphatic rings. The van der Waals surface area contributed by atoms with E-state index >= 15 is 0 Å². The van der Waals surface area contributed by atoms with Crippen LogP contribution in [-0.2, 0) is 0 Å². The van der Waals surface area contributed by atoms with Gasteiger partial charge in [-0.05, 0) is 37.1 Å². The van der Waals surface area contributed by atoms with Crippen molar-refractivity contribution in [3.63, 3.8) is 0 Å². The van der Waals surface area contributed by atoms with Crippen LogP contribution in [0.25, 0.3) is 16.0 Å². The summed E-state index contributed by atoms with van der Waals surface area (Å²) in [5.74, 6) is 2.03. The van der Waals surface area contributed by atoms with E-state index in [2.05, 4.69) is 30.7 Å². The molecule has 0 aliphatic heterocycles. The lowest BCUT2D eigenvalue weighted by molar-refractivity contribution is 0.126. The molecule has 0 saturated heterocycles. The van der Waals surface area contributed by atoms with E-state index in [1.54, 1.807) is 34.5 Å². The molecular weight excluding hydrogens is 388 g/mol. The molecule has 4 heterocycles. The van der Waals surface area contributed by atoms with Crippen molar-refractivity contribution in [3.05, 3.63) is 42.4 Å². The second-order valence-corrected chi connectivity index (χ2v) is 7.96. The predicted octanol–water partition coefficient (Wildman–Crippen LogP) is 3.13. The minimum absolute atomic E-state index is 0.177. The maximum atomic E-state index is 9.75. The number of nitrogens with one attached hydrogen (secondary N) is 2. The lowest BCUT2D eigenvalue weighted by Gasteiger charge is -2.26. The molecular formula is C19H20N8OS. The van der Waals surface area contributed by atoms with Gasteiger partial charge in [-0.1, -0.05) is 0 Å². The zero-order chi connectivity index (χ0) is 19.6. The quantitative estimate of drug-likeness (QED) is 0.462. The molecule has 0 atom stereocenters. The van der Waals surface area contributed by atoms with E-state index in [4.69, 9.17) is 4.98 Å². The van der Waals surface area contributed by atoms with Crippen molar-refractivity contribution >= 4 is 39.0 Å². The van der Waals surface area contributed by atoms with Gasteiger partial charge in [0.25, 0.3) is 0 Å². The summed E-state index contributed by atoms with van der Waals surface area (Å²) in [4.78, 5) is 17.5. The normalized spacial score (nSPS) is 19.3. The van der Waals surface area contributed by atoms with Crippen LogP contribution in [0.15, 0.2) is 42.4 Å². The number of rotatable bonds is 5. The third-order valence-electron chi connectivity index (χ3n) is 4.98. The number of aliphatic hydroxyl groups excluding tert-OH is 1. The smallest absolute Gasteiger partial charge is 0.229 e. The first-order valence-electron chi connectivity index (χ1n) is 9.52. The topological polar surface area (TPSA) is 114 Å². The number of thiophene rings is 1. The molecule has 0 spiro atoms. The Morgan fingerprint density at radius 3 is 2.86 bits per heavy atom. The van der Waals surface area contributed by atoms with Crippen molar-refractivity contribution in [3.8, 4) is 5.82 Å². The number of hydrogen-bond donors (Lipinski definition) is 3. The van der Waals surface area contributed by atoms with Crippen molar-refractivity contribution in [2.75, 3.05) is 10.6 Å². The number of anilines is 3. The van der Waals surface area contributed by atoms with Gasteiger partial charge < -0.3 is 15.7 Å². The fourth-order valence-corrected chi connectivity index (χ4v) is 4.28. The number of nitrogens with zero attached hydrogens (tertiary/aromatic N) is 6. The van der Waals surface area contributed by atoms with Crippen molar-refractivity contribution in [1.82, 2.24) is 29.7 Å². The Labute approximate surface area is 170 Å². The first-order valence-corrected chi connectivity index (χ1v) is 10.4. The van der Waals surface area contributed by atoms with Crippen LogP contribution in [0.4, 0.5) is 17.5 Å². The van der Waals surface area contributed by atoms with Crippen LogP contribution in [0.3, 0.4) is 0 Å². The van der Waals surface area contributed by atoms with E-state index in [0.717, 1.165) is 47.4 Å². The maximum Gasteiger partial charge on any atom is 0.229 e. The van der Waals surface area contributed by atoms with Crippen LogP contribution >= 0.6 is 11.3 Å². The molecule has 1 fully saturated rings. The second-order valence-electron chi connectivity index (χ2n) is 7.05. The van der Waals surface area contributed by atoms with Crippen LogP contribution in [0.2, 0.25) is 0 Å². The van der Waals surface area contributed by atoms with Crippen LogP contribution in [0, 0.1) is 0 Å². The summed E-state index contributed by atoms with van der Waals surface area (Å²) in [7, 11) is 0. The van der Waals surface area contributed by atoms with E-state index in [1.165, 1.54) is 6.33 Å². The minimum atomic E-state index is -0.177. The van der Waals surface area contributed by atoms with Crippen molar-refractivity contribution in [2.45, 2.75) is 37.8 Å². The molecule has 9 nitrogen and oxygen atoms in total. The summed E-state index contributed by atoms with van der Waals surface area (Å²) in [6.07, 6.45) is 10.0. The molecule has 1 aliphatic carbocycles. The highest BCUT2D eigenvalue weighted by Crippen LogP contribution is 2.30. The third-order valence-corrected chi connectivity index (χ3v) is 5.89. The highest BCUT2D eigenvalue weighted by molar-refractivity contribution is 7.17. The van der Waals surface area contributed by atoms with Gasteiger partial charge in [-0.3, -0.25) is 0 Å². The first kappa shape index (κ1) is 18.0. The van der Waals surface area contributed by atoms with Crippen LogP contribution in [0.5, 0.6) is 0 Å². The molecule has 0 aromatic carbocycles. The van der Waals surface area contributed by atoms with Crippen molar-refractivity contribution in [2.24, 2.45) is 0 Å². The van der Waals surface area contributed by atoms with Gasteiger partial charge in [0.05, 0.1) is 34.4 Å². The molecule has 3 N–H and O–H groups in total. The van der Waals surface area contributed by atoms with E-state index in [1.807, 2.05) is 17.6 Å². The highest BCUT2D eigenvalue weighted by atomic mass is 32.1. The molecule has 0 bridgehead atoms. The van der Waals surface area contributed by atoms with Crippen LogP contribution in [0.1, 0.15) is 25.7 Å². The van der Waals surface area contributed by atoms with Gasteiger partial charge in [0.1, 0.15) is 12.1 Å². The Morgan fingerprint density at radius 1 is 1.14 bits per heavy atom. The zero-order valence-corrected chi connectivity index (χ0v) is 16.4. The summed E-state index contributed by atoms with van der Waals surface area (Å²) in [5.41, 5.74) is 1.67. The molecule has 4 aromatic heterocycles. The molecule has 10 heteroatoms. The van der Waals surface area contributed by atoms with Gasteiger partial charge in [-0.15, -0.1) is 11.3 Å². The third kappa shape index (κ3) is 3.89. The number of aliphatic hydroxyl groups is 1. The minimum Gasteiger partial charge on any atom is -0.393 e. The van der Waals surface area contributed by atoms with Crippen LogP contribution < -0.4 is 10.6 Å². The molecule has 0 radical (unpaired) electrons. The summed E-state index contributed by atoms with van der Waals surface area (Å²) in [6.45, 7) is 0. The Kier molecular flexibility index (Phi) is 4.78. The molecule has 148 valence electrons. The molecule has 0 unspecified atom stereocenters. The van der Waals surface area contributed by atoms with Gasteiger partial charge in [0, 0.05) is 18.3 Å². The maximum absolute atomic E-state index is 9.75. The standard InChI is InChI=1S/C19H20N8OS/c28-14-3-1-12(2-4-14)23-18-17-15(6-8-29-17)25-19(26-18)24-13-9-22-27(10-13)16-5-7-20-11-21-16/h5-12,14,28H,1-4H2,(H2,23,24,25,26). The lowest BCUT2D eigenvalue weighted by Crippen LogP contribution is -2.28. The average molecular weight is 408 g/mol. The fourth-order valence-electron chi connectivity index (χ4n) is 3.49. The van der Waals surface area contributed by atoms with Gasteiger partial charge in [0.2, 0.25) is 5.95 Å². The zero-order valence-electron chi connectivity index (χ0n) is 15.6. The molecule has 5 rings (SSSR count). The summed E-state index contributed by atoms with van der Waals surface area (Å²) < 4.78 is 2.71. The summed E-state index contributed by atoms with van der Waals surface area (Å²) in [6, 6.07) is 4.09. The molecule has 4 aromatic rings. The van der Waals surface area contributed by atoms with E-state index < -0.39 is 0 Å². The molecule has 29 heavy (non-hydrogen) atoms. The number of fused-ring (bicyclic) bond motifs is 1. The van der Waals surface area contributed by atoms with Crippen molar-refractivity contribution in [1.29, 1.82) is 0 Å². The lowest BCUT2D eigenvalue weighted by atomic mass is 9.93. The van der Waals surface area contributed by atoms with Gasteiger partial charge in [-0.25, -0.2) is 19.6 Å². The summed E-state index contributed by atoms with van der Waals surface area (Å²) >= 11 is 1.62. The van der Waals surface area contributed by atoms with Gasteiger partial charge in [0.15, 0.2) is 5.82 Å². The van der Waals surface area contributed by atoms with Crippen molar-refractivity contribution < 1.29 is 5.11 Å². The Balaban J connectivity index is 1.39. The predicted molar refractivity (Wildman–Crippen MR) is 112 cm³/mol. The largest absolute Gasteiger partial charge is 0.393 e. The molecule has 0 amide bonds. The fraction of sp³-hybridized carbons (Fsp3) is 0.316. The average Bonchev–Trinajstić information content (AvgIpc) is 3.40. The molecule has 1 saturated carbocycles. The Bertz CT molecular complexity index is 1100. The SMILES string of the molecule is OC1CCC(Nc2nc(Nc3cnn(-c4ccncn4)c3)nc3ccsc23)CC1. The van der Waals surface area contributed by atoms with Crippen LogP contribution in [-0.4, -0.2) is 47.0 Å². The second kappa shape index (κ2) is 7.72. The number of aromatic nitrogens is 6. The first-order chi connectivity index (χ1) is 14.2. The highest BCUT2D eigenvalue weighted by Gasteiger charge is 2.21. The van der Waals surface area contributed by atoms with Gasteiger partial charge in [-0.2, -0.15) is 10.1 Å². The van der Waals surface area contributed by atoms with E-state index in [-0.39, 0.29) is 6.10 Å². The van der Waals surface area contributed by atoms with E-state index in [0.29, 0.717) is 17.8 Å². The van der Waals surface area contributed by atoms with Gasteiger partial charge >= 0.3 is 0 Å². The van der Waals surface area contributed by atoms with E-state index in [9.17, 15) is 5.11 Å². The Hall–Kier alpha value is -3.11.